The van der Waals surface area contributed by atoms with Gasteiger partial charge in [0.1, 0.15) is 24.0 Å². The number of aliphatic imine (C=N–C) groups is 1. The summed E-state index contributed by atoms with van der Waals surface area (Å²) in [5.74, 6) is 1.96. The summed E-state index contributed by atoms with van der Waals surface area (Å²) in [5.41, 5.74) is 3.21. The predicted octanol–water partition coefficient (Wildman–Crippen LogP) is 8.17. The molecule has 0 saturated carbocycles. The fourth-order valence-electron chi connectivity index (χ4n) is 4.68. The van der Waals surface area contributed by atoms with Crippen molar-refractivity contribution in [2.24, 2.45) is 10.1 Å². The molecule has 0 aromatic heterocycles. The molecule has 224 valence electrons. The van der Waals surface area contributed by atoms with E-state index < -0.39 is 5.91 Å². The van der Waals surface area contributed by atoms with Gasteiger partial charge in [-0.3, -0.25) is 10.2 Å². The molecule has 0 bridgehead atoms. The van der Waals surface area contributed by atoms with Crippen molar-refractivity contribution >= 4 is 62.4 Å². The molecule has 2 heterocycles. The molecule has 42 heavy (non-hydrogen) atoms. The van der Waals surface area contributed by atoms with Crippen LogP contribution in [-0.2, 0) is 4.79 Å². The second-order valence-electron chi connectivity index (χ2n) is 10.6. The number of rotatable bonds is 14. The summed E-state index contributed by atoms with van der Waals surface area (Å²) in [6.45, 7) is 9.27. The Labute approximate surface area is 266 Å². The first kappa shape index (κ1) is 32.1. The van der Waals surface area contributed by atoms with Gasteiger partial charge in [-0.2, -0.15) is 15.1 Å². The average molecular weight is 703 g/mol. The van der Waals surface area contributed by atoms with E-state index in [9.17, 15) is 4.79 Å². The topological polar surface area (TPSA) is 96.6 Å². The van der Waals surface area contributed by atoms with Gasteiger partial charge in [0.25, 0.3) is 5.91 Å². The highest BCUT2D eigenvalue weighted by Crippen LogP contribution is 2.36. The molecule has 0 spiro atoms. The summed E-state index contributed by atoms with van der Waals surface area (Å²) in [4.78, 5) is 17.1. The van der Waals surface area contributed by atoms with Crippen LogP contribution in [0, 0.1) is 15.9 Å². The van der Waals surface area contributed by atoms with Crippen LogP contribution in [0.25, 0.3) is 6.08 Å². The Kier molecular flexibility index (Phi) is 11.5. The van der Waals surface area contributed by atoms with E-state index in [1.54, 1.807) is 19.3 Å². The SMILES string of the molecule is CCCCCCCC1=NN2C(=N)/C(=C/c3cc(I)c(OCCOc4cc(C)ccc4C(C)C)c(OC)c3)C(=O)N=C2S1. The van der Waals surface area contributed by atoms with Crippen LogP contribution >= 0.6 is 34.4 Å². The molecule has 2 aliphatic rings. The maximum Gasteiger partial charge on any atom is 0.283 e. The minimum Gasteiger partial charge on any atom is -0.493 e. The third kappa shape index (κ3) is 7.94. The highest BCUT2D eigenvalue weighted by molar-refractivity contribution is 14.1. The number of unbranched alkanes of at least 4 members (excludes halogenated alkanes) is 4. The fraction of sp³-hybridized carbons (Fsp3) is 0.438. The molecule has 0 aliphatic carbocycles. The van der Waals surface area contributed by atoms with Crippen LogP contribution in [0.4, 0.5) is 0 Å². The van der Waals surface area contributed by atoms with E-state index in [0.717, 1.165) is 39.2 Å². The van der Waals surface area contributed by atoms with Gasteiger partial charge in [-0.05, 0) is 101 Å². The monoisotopic (exact) mass is 702 g/mol. The van der Waals surface area contributed by atoms with Gasteiger partial charge in [0, 0.05) is 0 Å². The molecule has 0 atom stereocenters. The fourth-order valence-corrected chi connectivity index (χ4v) is 6.39. The van der Waals surface area contributed by atoms with Crippen molar-refractivity contribution < 1.29 is 19.0 Å². The Morgan fingerprint density at radius 3 is 2.57 bits per heavy atom. The zero-order valence-electron chi connectivity index (χ0n) is 25.0. The smallest absolute Gasteiger partial charge is 0.283 e. The van der Waals surface area contributed by atoms with Crippen molar-refractivity contribution in [1.82, 2.24) is 5.01 Å². The van der Waals surface area contributed by atoms with Crippen LogP contribution in [0.15, 0.2) is 46.0 Å². The standard InChI is InChI=1S/C32H39IN4O4S/c1-6-7-8-9-10-11-28-36-37-30(34)24(31(38)35-32(37)42-28)17-22-18-25(33)29(27(19-22)39-5)41-15-14-40-26-16-21(4)12-13-23(26)20(2)3/h12-13,16-20,34H,6-11,14-15H2,1-5H3/b24-17-,34-30?. The summed E-state index contributed by atoms with van der Waals surface area (Å²) in [5, 5.41) is 16.1. The van der Waals surface area contributed by atoms with Gasteiger partial charge in [-0.25, -0.2) is 0 Å². The van der Waals surface area contributed by atoms with Crippen LogP contribution in [0.1, 0.15) is 81.9 Å². The Bertz CT molecular complexity index is 1420. The van der Waals surface area contributed by atoms with Gasteiger partial charge in [-0.1, -0.05) is 58.6 Å². The maximum absolute atomic E-state index is 12.9. The van der Waals surface area contributed by atoms with Gasteiger partial charge in [0.2, 0.25) is 5.17 Å². The van der Waals surface area contributed by atoms with Gasteiger partial charge < -0.3 is 14.2 Å². The van der Waals surface area contributed by atoms with Crippen molar-refractivity contribution in [2.75, 3.05) is 20.3 Å². The molecule has 2 aliphatic heterocycles. The zero-order chi connectivity index (χ0) is 30.2. The maximum atomic E-state index is 12.9. The van der Waals surface area contributed by atoms with Gasteiger partial charge in [0.05, 0.1) is 16.3 Å². The Morgan fingerprint density at radius 2 is 1.83 bits per heavy atom. The number of benzene rings is 2. The second kappa shape index (κ2) is 15.0. The molecule has 0 radical (unpaired) electrons. The number of carbonyl (C=O) groups excluding carboxylic acids is 1. The molecule has 4 rings (SSSR count). The summed E-state index contributed by atoms with van der Waals surface area (Å²) in [6.07, 6.45) is 8.35. The van der Waals surface area contributed by atoms with Crippen molar-refractivity contribution in [1.29, 1.82) is 5.41 Å². The summed E-state index contributed by atoms with van der Waals surface area (Å²) in [7, 11) is 1.58. The number of aryl methyl sites for hydroxylation is 1. The van der Waals surface area contributed by atoms with E-state index in [2.05, 4.69) is 78.6 Å². The number of thioether (sulfide) groups is 1. The van der Waals surface area contributed by atoms with Crippen LogP contribution in [-0.4, -0.2) is 47.3 Å². The number of ether oxygens (including phenoxy) is 3. The Balaban J connectivity index is 1.42. The lowest BCUT2D eigenvalue weighted by Crippen LogP contribution is -2.35. The van der Waals surface area contributed by atoms with Crippen LogP contribution in [0.2, 0.25) is 0 Å². The lowest BCUT2D eigenvalue weighted by Gasteiger charge is -2.20. The number of nitrogens with one attached hydrogen (secondary N) is 1. The molecule has 8 nitrogen and oxygen atoms in total. The van der Waals surface area contributed by atoms with E-state index in [-0.39, 0.29) is 11.4 Å². The number of hydrazone groups is 1. The van der Waals surface area contributed by atoms with Gasteiger partial charge in [-0.15, -0.1) is 0 Å². The first-order chi connectivity index (χ1) is 20.2. The number of amides is 1. The van der Waals surface area contributed by atoms with Crippen molar-refractivity contribution in [3.63, 3.8) is 0 Å². The first-order valence-electron chi connectivity index (χ1n) is 14.4. The average Bonchev–Trinajstić information content (AvgIpc) is 3.36. The lowest BCUT2D eigenvalue weighted by molar-refractivity contribution is -0.114. The van der Waals surface area contributed by atoms with Crippen LogP contribution in [0.3, 0.4) is 0 Å². The molecule has 2 aromatic rings. The third-order valence-corrected chi connectivity index (χ3v) is 8.70. The van der Waals surface area contributed by atoms with E-state index in [0.29, 0.717) is 41.4 Å². The Morgan fingerprint density at radius 1 is 1.07 bits per heavy atom. The molecular formula is C32H39IN4O4S. The zero-order valence-corrected chi connectivity index (χ0v) is 27.9. The minimum atomic E-state index is -0.443. The van der Waals surface area contributed by atoms with Crippen LogP contribution < -0.4 is 14.2 Å². The number of hydrogen-bond donors (Lipinski definition) is 1. The molecule has 0 unspecified atom stereocenters. The second-order valence-corrected chi connectivity index (χ2v) is 12.8. The Hall–Kier alpha value is -2.86. The normalized spacial score (nSPS) is 15.7. The first-order valence-corrected chi connectivity index (χ1v) is 16.3. The predicted molar refractivity (Wildman–Crippen MR) is 180 cm³/mol. The number of carbonyl (C=O) groups is 1. The minimum absolute atomic E-state index is 0.0295. The van der Waals surface area contributed by atoms with Crippen molar-refractivity contribution in [3.8, 4) is 17.2 Å². The van der Waals surface area contributed by atoms with Gasteiger partial charge in [0.15, 0.2) is 17.3 Å². The summed E-state index contributed by atoms with van der Waals surface area (Å²) >= 11 is 3.58. The molecule has 10 heteroatoms. The van der Waals surface area contributed by atoms with Crippen molar-refractivity contribution in [3.05, 3.63) is 56.2 Å². The molecule has 0 saturated heterocycles. The highest BCUT2D eigenvalue weighted by atomic mass is 127. The number of methoxy groups -OCH3 is 1. The van der Waals surface area contributed by atoms with E-state index >= 15 is 0 Å². The van der Waals surface area contributed by atoms with E-state index in [1.165, 1.54) is 41.6 Å². The molecule has 1 amide bonds. The van der Waals surface area contributed by atoms with E-state index in [1.807, 2.05) is 6.07 Å². The molecule has 1 N–H and O–H groups in total. The largest absolute Gasteiger partial charge is 0.493 e. The highest BCUT2D eigenvalue weighted by Gasteiger charge is 2.35. The number of nitrogens with zero attached hydrogens (tertiary/aromatic N) is 3. The quantitative estimate of drug-likeness (QED) is 0.121. The lowest BCUT2D eigenvalue weighted by atomic mass is 10.0. The number of halogens is 1. The third-order valence-electron chi connectivity index (χ3n) is 6.93. The van der Waals surface area contributed by atoms with Crippen LogP contribution in [0.5, 0.6) is 17.2 Å². The molecular weight excluding hydrogens is 663 g/mol. The summed E-state index contributed by atoms with van der Waals surface area (Å²) in [6, 6.07) is 9.96. The number of fused-ring (bicyclic) bond motifs is 1. The van der Waals surface area contributed by atoms with E-state index in [4.69, 9.17) is 19.6 Å². The number of amidine groups is 2. The van der Waals surface area contributed by atoms with Crippen molar-refractivity contribution in [2.45, 2.75) is 72.1 Å². The van der Waals surface area contributed by atoms with Gasteiger partial charge >= 0.3 is 0 Å². The molecule has 0 fully saturated rings. The molecule has 2 aromatic carbocycles. The summed E-state index contributed by atoms with van der Waals surface area (Å²) < 4.78 is 18.6. The number of hydrogen-bond acceptors (Lipinski definition) is 7.